The maximum Gasteiger partial charge on any atom is 0.244 e. The monoisotopic (exact) mass is 312 g/mol. The summed E-state index contributed by atoms with van der Waals surface area (Å²) in [4.78, 5) is 15.7. The predicted octanol–water partition coefficient (Wildman–Crippen LogP) is 0.947. The Hall–Kier alpha value is -2.51. The molecule has 4 rings (SSSR count). The first-order chi connectivity index (χ1) is 11.2. The minimum atomic E-state index is 0.743. The van der Waals surface area contributed by atoms with Crippen LogP contribution in [-0.2, 0) is 19.9 Å². The summed E-state index contributed by atoms with van der Waals surface area (Å²) in [6.45, 7) is 4.06. The molecule has 23 heavy (non-hydrogen) atoms. The zero-order chi connectivity index (χ0) is 15.8. The lowest BCUT2D eigenvalue weighted by atomic mass is 10.3. The second-order valence-electron chi connectivity index (χ2n) is 6.01. The fourth-order valence-electron chi connectivity index (χ4n) is 2.93. The van der Waals surface area contributed by atoms with Gasteiger partial charge in [0.2, 0.25) is 5.95 Å². The van der Waals surface area contributed by atoms with Crippen LogP contribution in [0.4, 0.5) is 5.95 Å². The lowest BCUT2D eigenvalue weighted by Crippen LogP contribution is -2.19. The Balaban J connectivity index is 1.49. The topological polar surface area (TPSA) is 77.0 Å². The summed E-state index contributed by atoms with van der Waals surface area (Å²) in [6, 6.07) is 0. The van der Waals surface area contributed by atoms with Crippen LogP contribution in [0.1, 0.15) is 30.2 Å². The zero-order valence-electron chi connectivity index (χ0n) is 13.5. The Morgan fingerprint density at radius 2 is 1.91 bits per heavy atom. The summed E-state index contributed by atoms with van der Waals surface area (Å²) in [5.74, 6) is 2.63. The van der Waals surface area contributed by atoms with Gasteiger partial charge < -0.3 is 4.90 Å². The van der Waals surface area contributed by atoms with Gasteiger partial charge in [-0.15, -0.1) is 5.10 Å². The number of hydrogen-bond donors (Lipinski definition) is 0. The highest BCUT2D eigenvalue weighted by Crippen LogP contribution is 2.16. The van der Waals surface area contributed by atoms with E-state index >= 15 is 0 Å². The molecule has 0 unspecified atom stereocenters. The molecule has 0 N–H and O–H groups in total. The third-order valence-electron chi connectivity index (χ3n) is 4.20. The van der Waals surface area contributed by atoms with E-state index in [-0.39, 0.29) is 0 Å². The fourth-order valence-corrected chi connectivity index (χ4v) is 2.93. The summed E-state index contributed by atoms with van der Waals surface area (Å²) in [5.41, 5.74) is 1.71. The van der Waals surface area contributed by atoms with Crippen LogP contribution in [0.5, 0.6) is 0 Å². The van der Waals surface area contributed by atoms with Crippen LogP contribution in [0.25, 0.3) is 5.65 Å². The molecule has 1 fully saturated rings. The number of rotatable bonds is 4. The second kappa shape index (κ2) is 5.60. The third-order valence-corrected chi connectivity index (χ3v) is 4.20. The predicted molar refractivity (Wildman–Crippen MR) is 85.4 cm³/mol. The van der Waals surface area contributed by atoms with Gasteiger partial charge in [-0.25, -0.2) is 9.50 Å². The van der Waals surface area contributed by atoms with Crippen LogP contribution in [0.15, 0.2) is 12.4 Å². The van der Waals surface area contributed by atoms with Crippen molar-refractivity contribution in [2.24, 2.45) is 7.05 Å². The molecule has 0 saturated carbocycles. The molecule has 1 saturated heterocycles. The first-order valence-electron chi connectivity index (χ1n) is 8.02. The van der Waals surface area contributed by atoms with Gasteiger partial charge in [0.15, 0.2) is 11.5 Å². The van der Waals surface area contributed by atoms with E-state index in [1.54, 1.807) is 10.7 Å². The van der Waals surface area contributed by atoms with Gasteiger partial charge in [0.25, 0.3) is 0 Å². The van der Waals surface area contributed by atoms with Crippen LogP contribution < -0.4 is 4.90 Å². The molecule has 0 aromatic carbocycles. The Kier molecular flexibility index (Phi) is 3.44. The van der Waals surface area contributed by atoms with Gasteiger partial charge in [-0.1, -0.05) is 0 Å². The van der Waals surface area contributed by atoms with Crippen LogP contribution >= 0.6 is 0 Å². The second-order valence-corrected chi connectivity index (χ2v) is 6.01. The molecule has 0 bridgehead atoms. The molecule has 4 heterocycles. The molecule has 1 aliphatic heterocycles. The highest BCUT2D eigenvalue weighted by atomic mass is 15.4. The SMILES string of the molecule is Cc1cn2nc(CCc3nc(N4CCCC4)nn3C)nc2cn1. The van der Waals surface area contributed by atoms with E-state index in [1.807, 2.05) is 24.9 Å². The van der Waals surface area contributed by atoms with Gasteiger partial charge in [0, 0.05) is 33.0 Å². The van der Waals surface area contributed by atoms with Crippen LogP contribution in [0.3, 0.4) is 0 Å². The van der Waals surface area contributed by atoms with Gasteiger partial charge in [-0.2, -0.15) is 10.1 Å². The smallest absolute Gasteiger partial charge is 0.244 e. The molecule has 3 aromatic heterocycles. The fraction of sp³-hybridized carbons (Fsp3) is 0.533. The molecule has 8 heteroatoms. The van der Waals surface area contributed by atoms with E-state index in [0.29, 0.717) is 0 Å². The van der Waals surface area contributed by atoms with Crippen molar-refractivity contribution in [3.8, 4) is 0 Å². The van der Waals surface area contributed by atoms with Crippen molar-refractivity contribution in [2.45, 2.75) is 32.6 Å². The number of nitrogens with zero attached hydrogens (tertiary/aromatic N) is 8. The van der Waals surface area contributed by atoms with Gasteiger partial charge in [-0.3, -0.25) is 9.67 Å². The van der Waals surface area contributed by atoms with E-state index in [9.17, 15) is 0 Å². The van der Waals surface area contributed by atoms with Gasteiger partial charge in [0.1, 0.15) is 5.82 Å². The number of aryl methyl sites for hydroxylation is 4. The van der Waals surface area contributed by atoms with Gasteiger partial charge in [0.05, 0.1) is 18.1 Å². The van der Waals surface area contributed by atoms with Crippen LogP contribution in [-0.4, -0.2) is 47.4 Å². The largest absolute Gasteiger partial charge is 0.340 e. The summed E-state index contributed by atoms with van der Waals surface area (Å²) in [5, 5.41) is 9.03. The highest BCUT2D eigenvalue weighted by Gasteiger charge is 2.18. The summed E-state index contributed by atoms with van der Waals surface area (Å²) in [7, 11) is 1.95. The van der Waals surface area contributed by atoms with Crippen molar-refractivity contribution < 1.29 is 0 Å². The molecule has 3 aromatic rings. The summed E-state index contributed by atoms with van der Waals surface area (Å²) in [6.07, 6.45) is 7.62. The molecule has 1 aliphatic rings. The summed E-state index contributed by atoms with van der Waals surface area (Å²) >= 11 is 0. The Labute approximate surface area is 134 Å². The molecule has 0 amide bonds. The van der Waals surface area contributed by atoms with E-state index in [0.717, 1.165) is 54.9 Å². The van der Waals surface area contributed by atoms with Crippen molar-refractivity contribution in [3.05, 3.63) is 29.7 Å². The molecule has 0 spiro atoms. The average molecular weight is 312 g/mol. The number of fused-ring (bicyclic) bond motifs is 1. The normalized spacial score (nSPS) is 15.0. The number of aromatic nitrogens is 7. The quantitative estimate of drug-likeness (QED) is 0.714. The first kappa shape index (κ1) is 14.1. The molecular formula is C15H20N8. The lowest BCUT2D eigenvalue weighted by molar-refractivity contribution is 0.681. The van der Waals surface area contributed by atoms with Crippen LogP contribution in [0.2, 0.25) is 0 Å². The van der Waals surface area contributed by atoms with Crippen molar-refractivity contribution in [1.82, 2.24) is 34.3 Å². The van der Waals surface area contributed by atoms with Crippen molar-refractivity contribution in [3.63, 3.8) is 0 Å². The first-order valence-corrected chi connectivity index (χ1v) is 8.02. The minimum absolute atomic E-state index is 0.743. The zero-order valence-corrected chi connectivity index (χ0v) is 13.5. The van der Waals surface area contributed by atoms with Gasteiger partial charge in [-0.05, 0) is 19.8 Å². The van der Waals surface area contributed by atoms with E-state index in [2.05, 4.69) is 30.0 Å². The Morgan fingerprint density at radius 1 is 1.09 bits per heavy atom. The standard InChI is InChI=1S/C15H20N8/c1-11-10-23-14(9-16-11)17-12(19-23)5-6-13-18-15(20-21(13)2)22-7-3-4-8-22/h9-10H,3-8H2,1-2H3. The third kappa shape index (κ3) is 2.76. The molecule has 0 aliphatic carbocycles. The van der Waals surface area contributed by atoms with E-state index in [4.69, 9.17) is 0 Å². The maximum absolute atomic E-state index is 4.68. The van der Waals surface area contributed by atoms with Crippen molar-refractivity contribution in [1.29, 1.82) is 0 Å². The van der Waals surface area contributed by atoms with E-state index in [1.165, 1.54) is 12.8 Å². The van der Waals surface area contributed by atoms with Crippen LogP contribution in [0, 0.1) is 6.92 Å². The highest BCUT2D eigenvalue weighted by molar-refractivity contribution is 5.34. The molecule has 0 atom stereocenters. The molecule has 8 nitrogen and oxygen atoms in total. The Bertz CT molecular complexity index is 827. The molecule has 0 radical (unpaired) electrons. The Morgan fingerprint density at radius 3 is 2.74 bits per heavy atom. The van der Waals surface area contributed by atoms with E-state index < -0.39 is 0 Å². The summed E-state index contributed by atoms with van der Waals surface area (Å²) < 4.78 is 3.65. The minimum Gasteiger partial charge on any atom is -0.340 e. The number of anilines is 1. The molecular weight excluding hydrogens is 292 g/mol. The lowest BCUT2D eigenvalue weighted by Gasteiger charge is -2.10. The van der Waals surface area contributed by atoms with Crippen molar-refractivity contribution in [2.75, 3.05) is 18.0 Å². The average Bonchev–Trinajstić information content (AvgIpc) is 3.23. The van der Waals surface area contributed by atoms with Gasteiger partial charge >= 0.3 is 0 Å². The maximum atomic E-state index is 4.68. The number of hydrogen-bond acceptors (Lipinski definition) is 6. The van der Waals surface area contributed by atoms with Crippen molar-refractivity contribution >= 4 is 11.6 Å². The molecule has 120 valence electrons.